The van der Waals surface area contributed by atoms with Crippen molar-refractivity contribution in [3.8, 4) is 0 Å². The molecule has 0 aliphatic heterocycles. The molecule has 0 atom stereocenters. The average Bonchev–Trinajstić information content (AvgIpc) is 2.89. The molecule has 0 aromatic heterocycles. The van der Waals surface area contributed by atoms with Crippen LogP contribution in [0.3, 0.4) is 0 Å². The van der Waals surface area contributed by atoms with Gasteiger partial charge in [-0.25, -0.2) is 0 Å². The Labute approximate surface area is 95.3 Å². The number of benzene rings is 1. The fraction of sp³-hybridized carbons (Fsp3) is 0.500. The highest BCUT2D eigenvalue weighted by Crippen LogP contribution is 2.58. The number of hydrogen-bond donors (Lipinski definition) is 1. The van der Waals surface area contributed by atoms with Gasteiger partial charge in [-0.05, 0) is 48.1 Å². The molecule has 84 valence electrons. The molecule has 0 radical (unpaired) electrons. The van der Waals surface area contributed by atoms with Gasteiger partial charge in [0.25, 0.3) is 0 Å². The van der Waals surface area contributed by atoms with Crippen LogP contribution in [0.2, 0.25) is 0 Å². The SMILES string of the molecule is O=C(O)CC1(C2Cc3ccccc3C2)CC1. The smallest absolute Gasteiger partial charge is 0.303 e. The molecule has 1 N–H and O–H groups in total. The van der Waals surface area contributed by atoms with E-state index < -0.39 is 5.97 Å². The van der Waals surface area contributed by atoms with E-state index in [1.54, 1.807) is 0 Å². The summed E-state index contributed by atoms with van der Waals surface area (Å²) in [5, 5.41) is 8.97. The first-order valence-electron chi connectivity index (χ1n) is 5.98. The van der Waals surface area contributed by atoms with E-state index in [9.17, 15) is 4.79 Å². The Morgan fingerprint density at radius 3 is 2.25 bits per heavy atom. The Balaban J connectivity index is 1.79. The molecule has 1 aromatic rings. The summed E-state index contributed by atoms with van der Waals surface area (Å²) in [6.07, 6.45) is 4.76. The predicted octanol–water partition coefficient (Wildman–Crippen LogP) is 2.66. The molecular weight excluding hydrogens is 200 g/mol. The zero-order chi connectivity index (χ0) is 11.2. The average molecular weight is 216 g/mol. The highest BCUT2D eigenvalue weighted by molar-refractivity contribution is 5.68. The third-order valence-corrected chi connectivity index (χ3v) is 4.31. The van der Waals surface area contributed by atoms with Gasteiger partial charge in [0.1, 0.15) is 0 Å². The lowest BCUT2D eigenvalue weighted by Gasteiger charge is -2.20. The summed E-state index contributed by atoms with van der Waals surface area (Å²) in [7, 11) is 0. The molecule has 1 aromatic carbocycles. The van der Waals surface area contributed by atoms with E-state index in [4.69, 9.17) is 5.11 Å². The Morgan fingerprint density at radius 2 is 1.81 bits per heavy atom. The van der Waals surface area contributed by atoms with Crippen molar-refractivity contribution >= 4 is 5.97 Å². The first-order chi connectivity index (χ1) is 7.70. The number of carboxylic acids is 1. The fourth-order valence-electron chi connectivity index (χ4n) is 3.18. The van der Waals surface area contributed by atoms with Crippen LogP contribution < -0.4 is 0 Å². The summed E-state index contributed by atoms with van der Waals surface area (Å²) in [5.41, 5.74) is 3.00. The van der Waals surface area contributed by atoms with E-state index in [2.05, 4.69) is 24.3 Å². The van der Waals surface area contributed by atoms with Crippen LogP contribution >= 0.6 is 0 Å². The van der Waals surface area contributed by atoms with E-state index in [0.29, 0.717) is 12.3 Å². The Hall–Kier alpha value is -1.31. The molecule has 2 heteroatoms. The molecule has 0 heterocycles. The summed E-state index contributed by atoms with van der Waals surface area (Å²) >= 11 is 0. The Bertz CT molecular complexity index is 407. The zero-order valence-electron chi connectivity index (χ0n) is 9.28. The van der Waals surface area contributed by atoms with Crippen molar-refractivity contribution in [1.82, 2.24) is 0 Å². The lowest BCUT2D eigenvalue weighted by atomic mass is 9.84. The molecule has 16 heavy (non-hydrogen) atoms. The third-order valence-electron chi connectivity index (χ3n) is 4.31. The van der Waals surface area contributed by atoms with Gasteiger partial charge < -0.3 is 5.11 Å². The highest BCUT2D eigenvalue weighted by atomic mass is 16.4. The fourth-order valence-corrected chi connectivity index (χ4v) is 3.18. The quantitative estimate of drug-likeness (QED) is 0.843. The summed E-state index contributed by atoms with van der Waals surface area (Å²) in [4.78, 5) is 10.9. The van der Waals surface area contributed by atoms with E-state index in [0.717, 1.165) is 25.7 Å². The van der Waals surface area contributed by atoms with Crippen molar-refractivity contribution in [2.45, 2.75) is 32.1 Å². The van der Waals surface area contributed by atoms with Gasteiger partial charge in [-0.3, -0.25) is 4.79 Å². The minimum atomic E-state index is -0.631. The maximum absolute atomic E-state index is 10.9. The second-order valence-electron chi connectivity index (χ2n) is 5.31. The topological polar surface area (TPSA) is 37.3 Å². The number of carbonyl (C=O) groups is 1. The van der Waals surface area contributed by atoms with Crippen LogP contribution in [-0.4, -0.2) is 11.1 Å². The van der Waals surface area contributed by atoms with Crippen LogP contribution in [0.1, 0.15) is 30.4 Å². The number of rotatable bonds is 3. The molecule has 2 nitrogen and oxygen atoms in total. The molecule has 0 spiro atoms. The summed E-state index contributed by atoms with van der Waals surface area (Å²) in [5.74, 6) is -0.0607. The van der Waals surface area contributed by atoms with E-state index in [1.165, 1.54) is 11.1 Å². The number of fused-ring (bicyclic) bond motifs is 1. The van der Waals surface area contributed by atoms with Gasteiger partial charge in [-0.2, -0.15) is 0 Å². The van der Waals surface area contributed by atoms with Crippen molar-refractivity contribution in [2.24, 2.45) is 11.3 Å². The van der Waals surface area contributed by atoms with Gasteiger partial charge in [0.2, 0.25) is 0 Å². The van der Waals surface area contributed by atoms with Gasteiger partial charge in [0.15, 0.2) is 0 Å². The van der Waals surface area contributed by atoms with Crippen molar-refractivity contribution in [3.05, 3.63) is 35.4 Å². The van der Waals surface area contributed by atoms with Crippen molar-refractivity contribution in [1.29, 1.82) is 0 Å². The second kappa shape index (κ2) is 3.34. The third kappa shape index (κ3) is 1.53. The van der Waals surface area contributed by atoms with E-state index in [-0.39, 0.29) is 5.41 Å². The molecule has 3 rings (SSSR count). The number of carboxylic acid groups (broad SMARTS) is 1. The first kappa shape index (κ1) is 9.88. The van der Waals surface area contributed by atoms with Gasteiger partial charge >= 0.3 is 5.97 Å². The van der Waals surface area contributed by atoms with Crippen molar-refractivity contribution < 1.29 is 9.90 Å². The monoisotopic (exact) mass is 216 g/mol. The molecule has 0 amide bonds. The standard InChI is InChI=1S/C14H16O2/c15-13(16)9-14(5-6-14)12-7-10-3-1-2-4-11(10)8-12/h1-4,12H,5-9H2,(H,15,16). The molecule has 2 aliphatic carbocycles. The summed E-state index contributed by atoms with van der Waals surface area (Å²) < 4.78 is 0. The number of aliphatic carboxylic acids is 1. The summed E-state index contributed by atoms with van der Waals surface area (Å²) in [6.45, 7) is 0. The van der Waals surface area contributed by atoms with Crippen LogP contribution in [-0.2, 0) is 17.6 Å². The minimum absolute atomic E-state index is 0.130. The van der Waals surface area contributed by atoms with Crippen LogP contribution in [0.4, 0.5) is 0 Å². The van der Waals surface area contributed by atoms with Gasteiger partial charge in [-0.15, -0.1) is 0 Å². The van der Waals surface area contributed by atoms with Gasteiger partial charge in [-0.1, -0.05) is 24.3 Å². The summed E-state index contributed by atoms with van der Waals surface area (Å²) in [6, 6.07) is 8.54. The van der Waals surface area contributed by atoms with Crippen LogP contribution in [0.25, 0.3) is 0 Å². The Kier molecular flexibility index (Phi) is 2.06. The van der Waals surface area contributed by atoms with Gasteiger partial charge in [0.05, 0.1) is 6.42 Å². The van der Waals surface area contributed by atoms with Crippen LogP contribution in [0.15, 0.2) is 24.3 Å². The second-order valence-corrected chi connectivity index (χ2v) is 5.31. The molecule has 1 fully saturated rings. The van der Waals surface area contributed by atoms with E-state index in [1.807, 2.05) is 0 Å². The molecule has 2 aliphatic rings. The normalized spacial score (nSPS) is 21.8. The number of hydrogen-bond acceptors (Lipinski definition) is 1. The van der Waals surface area contributed by atoms with Crippen molar-refractivity contribution in [3.63, 3.8) is 0 Å². The lowest BCUT2D eigenvalue weighted by Crippen LogP contribution is -2.20. The lowest BCUT2D eigenvalue weighted by molar-refractivity contribution is -0.139. The predicted molar refractivity (Wildman–Crippen MR) is 61.3 cm³/mol. The highest BCUT2D eigenvalue weighted by Gasteiger charge is 2.51. The molecular formula is C14H16O2. The zero-order valence-corrected chi connectivity index (χ0v) is 9.28. The molecule has 0 saturated heterocycles. The van der Waals surface area contributed by atoms with E-state index >= 15 is 0 Å². The maximum Gasteiger partial charge on any atom is 0.303 e. The van der Waals surface area contributed by atoms with Crippen LogP contribution in [0, 0.1) is 11.3 Å². The largest absolute Gasteiger partial charge is 0.481 e. The molecule has 1 saturated carbocycles. The van der Waals surface area contributed by atoms with Gasteiger partial charge in [0, 0.05) is 0 Å². The molecule has 0 unspecified atom stereocenters. The Morgan fingerprint density at radius 1 is 1.25 bits per heavy atom. The van der Waals surface area contributed by atoms with Crippen molar-refractivity contribution in [2.75, 3.05) is 0 Å². The van der Waals surface area contributed by atoms with Crippen LogP contribution in [0.5, 0.6) is 0 Å². The maximum atomic E-state index is 10.9. The minimum Gasteiger partial charge on any atom is -0.481 e. The molecule has 0 bridgehead atoms. The first-order valence-corrected chi connectivity index (χ1v) is 5.98.